The average Bonchev–Trinajstić information content (AvgIpc) is 2.83. The lowest BCUT2D eigenvalue weighted by atomic mass is 9.96. The largest absolute Gasteiger partial charge is 0.461 e. The summed E-state index contributed by atoms with van der Waals surface area (Å²) in [6.45, 7) is 6.31. The van der Waals surface area contributed by atoms with Gasteiger partial charge < -0.3 is 19.3 Å². The SMILES string of the molecule is C=CC(=O)OCC(=O)OC1C=CC(c2ccc(-c3ccc(OC(O)C=C)cc3)cc2)=CC1. The molecule has 2 aromatic rings. The molecule has 2 aromatic carbocycles. The highest BCUT2D eigenvalue weighted by molar-refractivity contribution is 5.84. The zero-order valence-electron chi connectivity index (χ0n) is 17.5. The van der Waals surface area contributed by atoms with Crippen molar-refractivity contribution in [3.63, 3.8) is 0 Å². The predicted octanol–water partition coefficient (Wildman–Crippen LogP) is 4.22. The van der Waals surface area contributed by atoms with Crippen molar-refractivity contribution < 1.29 is 28.9 Å². The Hall–Kier alpha value is -3.90. The molecule has 0 amide bonds. The summed E-state index contributed by atoms with van der Waals surface area (Å²) in [4.78, 5) is 22.7. The smallest absolute Gasteiger partial charge is 0.344 e. The Bertz CT molecular complexity index is 1030. The van der Waals surface area contributed by atoms with Gasteiger partial charge in [0.2, 0.25) is 6.29 Å². The van der Waals surface area contributed by atoms with Crippen molar-refractivity contribution >= 4 is 17.5 Å². The highest BCUT2D eigenvalue weighted by Crippen LogP contribution is 2.27. The van der Waals surface area contributed by atoms with Crippen molar-refractivity contribution in [2.45, 2.75) is 18.8 Å². The molecule has 0 saturated heterocycles. The van der Waals surface area contributed by atoms with Crippen molar-refractivity contribution in [3.8, 4) is 16.9 Å². The number of carbonyl (C=O) groups excluding carboxylic acids is 2. The van der Waals surface area contributed by atoms with Crippen molar-refractivity contribution in [1.29, 1.82) is 0 Å². The summed E-state index contributed by atoms with van der Waals surface area (Å²) >= 11 is 0. The Balaban J connectivity index is 1.56. The monoisotopic (exact) mass is 432 g/mol. The lowest BCUT2D eigenvalue weighted by Crippen LogP contribution is -2.21. The summed E-state index contributed by atoms with van der Waals surface area (Å²) in [5.41, 5.74) is 4.15. The topological polar surface area (TPSA) is 82.1 Å². The van der Waals surface area contributed by atoms with Crippen LogP contribution in [0.3, 0.4) is 0 Å². The van der Waals surface area contributed by atoms with Crippen molar-refractivity contribution in [3.05, 3.63) is 97.6 Å². The molecule has 1 N–H and O–H groups in total. The first-order valence-corrected chi connectivity index (χ1v) is 10.0. The molecule has 0 fully saturated rings. The summed E-state index contributed by atoms with van der Waals surface area (Å²) in [5, 5.41) is 9.47. The van der Waals surface area contributed by atoms with Crippen molar-refractivity contribution in [2.75, 3.05) is 6.61 Å². The van der Waals surface area contributed by atoms with Gasteiger partial charge >= 0.3 is 11.9 Å². The standard InChI is InChI=1S/C26H24O6/c1-3-24(27)30-17-26(29)32-23-15-11-21(12-16-23)19-7-5-18(6-8-19)20-9-13-22(14-10-20)31-25(28)4-2/h3-15,23,25,28H,1-2,16-17H2. The van der Waals surface area contributed by atoms with Gasteiger partial charge in [-0.1, -0.05) is 61.7 Å². The fourth-order valence-electron chi connectivity index (χ4n) is 3.06. The molecule has 1 aliphatic rings. The maximum atomic E-state index is 11.7. The molecule has 6 nitrogen and oxygen atoms in total. The van der Waals surface area contributed by atoms with Crippen LogP contribution in [0.5, 0.6) is 5.75 Å². The van der Waals surface area contributed by atoms with E-state index in [1.165, 1.54) is 6.08 Å². The minimum absolute atomic E-state index is 0.395. The third-order valence-corrected chi connectivity index (χ3v) is 4.71. The fourth-order valence-corrected chi connectivity index (χ4v) is 3.06. The molecular formula is C26H24O6. The first-order valence-electron chi connectivity index (χ1n) is 10.0. The highest BCUT2D eigenvalue weighted by atomic mass is 16.6. The molecule has 0 aliphatic heterocycles. The van der Waals surface area contributed by atoms with Gasteiger partial charge in [0, 0.05) is 12.5 Å². The van der Waals surface area contributed by atoms with E-state index in [4.69, 9.17) is 9.47 Å². The molecule has 0 saturated carbocycles. The van der Waals surface area contributed by atoms with E-state index in [9.17, 15) is 14.7 Å². The maximum absolute atomic E-state index is 11.7. The number of ether oxygens (including phenoxy) is 3. The number of hydrogen-bond acceptors (Lipinski definition) is 6. The number of rotatable bonds is 9. The maximum Gasteiger partial charge on any atom is 0.344 e. The normalized spacial score (nSPS) is 15.8. The minimum atomic E-state index is -1.03. The summed E-state index contributed by atoms with van der Waals surface area (Å²) in [6.07, 6.45) is 7.13. The quantitative estimate of drug-likeness (QED) is 0.277. The van der Waals surface area contributed by atoms with Crippen molar-refractivity contribution in [2.24, 2.45) is 0 Å². The lowest BCUT2D eigenvalue weighted by molar-refractivity contribution is -0.158. The van der Waals surface area contributed by atoms with Gasteiger partial charge in [-0.3, -0.25) is 0 Å². The average molecular weight is 432 g/mol. The van der Waals surface area contributed by atoms with Gasteiger partial charge in [0.15, 0.2) is 6.61 Å². The second-order valence-corrected chi connectivity index (χ2v) is 6.94. The molecule has 2 unspecified atom stereocenters. The Kier molecular flexibility index (Phi) is 7.78. The summed E-state index contributed by atoms with van der Waals surface area (Å²) < 4.78 is 15.2. The number of allylic oxidation sites excluding steroid dienone is 2. The molecule has 0 heterocycles. The van der Waals surface area contributed by atoms with Gasteiger partial charge in [-0.15, -0.1) is 0 Å². The molecule has 32 heavy (non-hydrogen) atoms. The van der Waals surface area contributed by atoms with E-state index in [2.05, 4.69) is 17.9 Å². The molecule has 0 bridgehead atoms. The van der Waals surface area contributed by atoms with E-state index in [-0.39, 0.29) is 0 Å². The summed E-state index contributed by atoms with van der Waals surface area (Å²) in [5.74, 6) is -0.710. The molecule has 6 heteroatoms. The predicted molar refractivity (Wildman–Crippen MR) is 121 cm³/mol. The number of hydrogen-bond donors (Lipinski definition) is 1. The van der Waals surface area contributed by atoms with Gasteiger partial charge in [0.25, 0.3) is 0 Å². The van der Waals surface area contributed by atoms with Gasteiger partial charge in [-0.25, -0.2) is 9.59 Å². The van der Waals surface area contributed by atoms with Gasteiger partial charge in [0.05, 0.1) is 0 Å². The first-order chi connectivity index (χ1) is 15.5. The first kappa shape index (κ1) is 22.8. The van der Waals surface area contributed by atoms with E-state index in [1.54, 1.807) is 12.1 Å². The summed E-state index contributed by atoms with van der Waals surface area (Å²) in [6, 6.07) is 15.5. The summed E-state index contributed by atoms with van der Waals surface area (Å²) in [7, 11) is 0. The zero-order chi connectivity index (χ0) is 22.9. The van der Waals surface area contributed by atoms with Crippen LogP contribution >= 0.6 is 0 Å². The number of benzene rings is 2. The van der Waals surface area contributed by atoms with Gasteiger partial charge in [0.1, 0.15) is 11.9 Å². The van der Waals surface area contributed by atoms with E-state index in [0.717, 1.165) is 28.3 Å². The molecule has 164 valence electrons. The van der Waals surface area contributed by atoms with Crippen LogP contribution in [0.15, 0.2) is 92.1 Å². The Morgan fingerprint density at radius 3 is 2.22 bits per heavy atom. The molecular weight excluding hydrogens is 408 g/mol. The van der Waals surface area contributed by atoms with Crippen LogP contribution in [0.2, 0.25) is 0 Å². The van der Waals surface area contributed by atoms with Crippen LogP contribution in [-0.2, 0) is 19.1 Å². The fraction of sp³-hybridized carbons (Fsp3) is 0.154. The molecule has 2 atom stereocenters. The van der Waals surface area contributed by atoms with Crippen LogP contribution in [0.25, 0.3) is 16.7 Å². The van der Waals surface area contributed by atoms with Crippen LogP contribution < -0.4 is 4.74 Å². The van der Waals surface area contributed by atoms with Crippen LogP contribution in [0, 0.1) is 0 Å². The van der Waals surface area contributed by atoms with Gasteiger partial charge in [-0.05, 0) is 46.5 Å². The van der Waals surface area contributed by atoms with Crippen LogP contribution in [0.1, 0.15) is 12.0 Å². The number of esters is 2. The zero-order valence-corrected chi connectivity index (χ0v) is 17.5. The molecule has 0 spiro atoms. The Labute approximate surface area is 186 Å². The van der Waals surface area contributed by atoms with E-state index in [1.807, 2.05) is 54.6 Å². The molecule has 1 aliphatic carbocycles. The van der Waals surface area contributed by atoms with Gasteiger partial charge in [-0.2, -0.15) is 0 Å². The third-order valence-electron chi connectivity index (χ3n) is 4.71. The molecule has 3 rings (SSSR count). The second kappa shape index (κ2) is 10.9. The number of aliphatic hydroxyl groups is 1. The minimum Gasteiger partial charge on any atom is -0.461 e. The van der Waals surface area contributed by atoms with Crippen molar-refractivity contribution in [1.82, 2.24) is 0 Å². The Morgan fingerprint density at radius 1 is 1.03 bits per heavy atom. The van der Waals surface area contributed by atoms with E-state index in [0.29, 0.717) is 12.2 Å². The molecule has 0 aromatic heterocycles. The third kappa shape index (κ3) is 6.30. The van der Waals surface area contributed by atoms with E-state index < -0.39 is 30.9 Å². The van der Waals surface area contributed by atoms with Crippen LogP contribution in [0.4, 0.5) is 0 Å². The lowest BCUT2D eigenvalue weighted by Gasteiger charge is -2.17. The number of carbonyl (C=O) groups is 2. The molecule has 0 radical (unpaired) electrons. The van der Waals surface area contributed by atoms with Crippen LogP contribution in [-0.4, -0.2) is 36.0 Å². The number of aliphatic hydroxyl groups excluding tert-OH is 1. The second-order valence-electron chi connectivity index (χ2n) is 6.94. The highest BCUT2D eigenvalue weighted by Gasteiger charge is 2.15. The Morgan fingerprint density at radius 2 is 1.66 bits per heavy atom. The van der Waals surface area contributed by atoms with E-state index >= 15 is 0 Å².